The molecule has 0 spiro atoms. The molecule has 28 heavy (non-hydrogen) atoms. The smallest absolute Gasteiger partial charge is 0.266 e. The summed E-state index contributed by atoms with van der Waals surface area (Å²) in [6, 6.07) is 13.7. The molecule has 0 unspecified atom stereocenters. The number of nitrogens with zero attached hydrogens (tertiary/aromatic N) is 4. The van der Waals surface area contributed by atoms with Crippen LogP contribution in [0.25, 0.3) is 11.5 Å². The molecule has 8 nitrogen and oxygen atoms in total. The van der Waals surface area contributed by atoms with E-state index in [9.17, 15) is 0 Å². The first kappa shape index (κ1) is 17.2. The van der Waals surface area contributed by atoms with E-state index in [1.54, 1.807) is 12.4 Å². The molecule has 5 rings (SSSR count). The third kappa shape index (κ3) is 3.56. The zero-order valence-electron chi connectivity index (χ0n) is 15.3. The van der Waals surface area contributed by atoms with Gasteiger partial charge in [-0.1, -0.05) is 18.2 Å². The summed E-state index contributed by atoms with van der Waals surface area (Å²) in [6.07, 6.45) is 3.53. The Kier molecular flexibility index (Phi) is 4.64. The molecule has 2 aromatic heterocycles. The van der Waals surface area contributed by atoms with Gasteiger partial charge in [-0.25, -0.2) is 0 Å². The number of hydrogen-bond acceptors (Lipinski definition) is 8. The highest BCUT2D eigenvalue weighted by Gasteiger charge is 2.39. The van der Waals surface area contributed by atoms with Gasteiger partial charge in [-0.3, -0.25) is 4.98 Å². The Labute approximate surface area is 162 Å². The minimum Gasteiger partial charge on any atom is -0.376 e. The first-order valence-electron chi connectivity index (χ1n) is 9.39. The van der Waals surface area contributed by atoms with Crippen molar-refractivity contribution in [2.45, 2.75) is 18.2 Å². The zero-order valence-corrected chi connectivity index (χ0v) is 15.3. The summed E-state index contributed by atoms with van der Waals surface area (Å²) in [4.78, 5) is 10.7. The SMILES string of the molecule is c1ccc(-c2nc(N3C[C@@H]4OCC(Nc5cccnc5)CO[C@H]4C3)no2)cc1. The maximum Gasteiger partial charge on any atom is 0.266 e. The molecule has 2 saturated heterocycles. The van der Waals surface area contributed by atoms with E-state index in [4.69, 9.17) is 14.0 Å². The third-order valence-corrected chi connectivity index (χ3v) is 4.99. The number of benzene rings is 1. The van der Waals surface area contributed by atoms with Crippen LogP contribution in [-0.4, -0.2) is 59.7 Å². The van der Waals surface area contributed by atoms with E-state index in [2.05, 4.69) is 25.3 Å². The second kappa shape index (κ2) is 7.57. The molecule has 2 aliphatic heterocycles. The minimum absolute atomic E-state index is 0.0145. The maximum atomic E-state index is 6.12. The van der Waals surface area contributed by atoms with Crippen molar-refractivity contribution in [3.63, 3.8) is 0 Å². The summed E-state index contributed by atoms with van der Waals surface area (Å²) in [5.41, 5.74) is 1.88. The second-order valence-corrected chi connectivity index (χ2v) is 7.00. The topological polar surface area (TPSA) is 85.5 Å². The van der Waals surface area contributed by atoms with E-state index in [1.807, 2.05) is 42.5 Å². The number of hydrogen-bond donors (Lipinski definition) is 1. The highest BCUT2D eigenvalue weighted by atomic mass is 16.6. The average molecular weight is 379 g/mol. The Morgan fingerprint density at radius 2 is 1.75 bits per heavy atom. The summed E-state index contributed by atoms with van der Waals surface area (Å²) >= 11 is 0. The molecule has 0 amide bonds. The molecule has 2 aliphatic rings. The Morgan fingerprint density at radius 3 is 2.46 bits per heavy atom. The molecule has 1 N–H and O–H groups in total. The van der Waals surface area contributed by atoms with Crippen LogP contribution in [0.2, 0.25) is 0 Å². The molecule has 3 aromatic rings. The van der Waals surface area contributed by atoms with Crippen LogP contribution in [0.1, 0.15) is 0 Å². The van der Waals surface area contributed by atoms with Crippen LogP contribution < -0.4 is 10.2 Å². The molecule has 0 saturated carbocycles. The number of nitrogens with one attached hydrogen (secondary N) is 1. The summed E-state index contributed by atoms with van der Waals surface area (Å²) in [5, 5.41) is 7.54. The van der Waals surface area contributed by atoms with Gasteiger partial charge in [-0.15, -0.1) is 0 Å². The lowest BCUT2D eigenvalue weighted by molar-refractivity contribution is -0.00461. The molecule has 0 bridgehead atoms. The van der Waals surface area contributed by atoms with Gasteiger partial charge < -0.3 is 24.2 Å². The molecular weight excluding hydrogens is 358 g/mol. The van der Waals surface area contributed by atoms with Gasteiger partial charge in [-0.05, 0) is 29.4 Å². The highest BCUT2D eigenvalue weighted by molar-refractivity contribution is 5.54. The molecule has 1 aromatic carbocycles. The fourth-order valence-corrected chi connectivity index (χ4v) is 3.56. The summed E-state index contributed by atoms with van der Waals surface area (Å²) in [7, 11) is 0. The van der Waals surface area contributed by atoms with Crippen molar-refractivity contribution in [1.29, 1.82) is 0 Å². The highest BCUT2D eigenvalue weighted by Crippen LogP contribution is 2.26. The summed E-state index contributed by atoms with van der Waals surface area (Å²) < 4.78 is 17.7. The lowest BCUT2D eigenvalue weighted by atomic mass is 10.2. The predicted octanol–water partition coefficient (Wildman–Crippen LogP) is 2.22. The first-order valence-corrected chi connectivity index (χ1v) is 9.39. The van der Waals surface area contributed by atoms with Gasteiger partial charge >= 0.3 is 0 Å². The van der Waals surface area contributed by atoms with Crippen molar-refractivity contribution in [2.24, 2.45) is 0 Å². The van der Waals surface area contributed by atoms with Crippen molar-refractivity contribution in [2.75, 3.05) is 36.5 Å². The zero-order chi connectivity index (χ0) is 18.8. The standard InChI is InChI=1S/C20H21N5O3/c1-2-5-14(6-3-1)19-23-20(24-28-19)25-10-17-18(11-25)27-13-16(12-26-17)22-15-7-4-8-21-9-15/h1-9,16-18,22H,10-13H2/t17-,18-/m0/s1. The molecule has 0 radical (unpaired) electrons. The predicted molar refractivity (Wildman–Crippen MR) is 103 cm³/mol. The van der Waals surface area contributed by atoms with E-state index < -0.39 is 0 Å². The molecule has 144 valence electrons. The van der Waals surface area contributed by atoms with E-state index >= 15 is 0 Å². The first-order chi connectivity index (χ1) is 13.8. The molecule has 2 atom stereocenters. The third-order valence-electron chi connectivity index (χ3n) is 4.99. The van der Waals surface area contributed by atoms with E-state index in [-0.39, 0.29) is 18.2 Å². The van der Waals surface area contributed by atoms with Crippen LogP contribution in [0.4, 0.5) is 11.6 Å². The van der Waals surface area contributed by atoms with Crippen molar-refractivity contribution >= 4 is 11.6 Å². The van der Waals surface area contributed by atoms with Crippen LogP contribution in [0.5, 0.6) is 0 Å². The van der Waals surface area contributed by atoms with Gasteiger partial charge in [0, 0.05) is 31.0 Å². The molecule has 4 heterocycles. The normalized spacial score (nSPS) is 22.6. The fourth-order valence-electron chi connectivity index (χ4n) is 3.56. The minimum atomic E-state index is -0.0145. The summed E-state index contributed by atoms with van der Waals surface area (Å²) in [5.74, 6) is 1.09. The van der Waals surface area contributed by atoms with Crippen LogP contribution in [0.3, 0.4) is 0 Å². The second-order valence-electron chi connectivity index (χ2n) is 7.00. The van der Waals surface area contributed by atoms with Crippen LogP contribution >= 0.6 is 0 Å². The van der Waals surface area contributed by atoms with Crippen LogP contribution in [0, 0.1) is 0 Å². The van der Waals surface area contributed by atoms with E-state index in [0.29, 0.717) is 38.1 Å². The number of pyridine rings is 1. The van der Waals surface area contributed by atoms with Crippen LogP contribution in [-0.2, 0) is 9.47 Å². The van der Waals surface area contributed by atoms with Gasteiger partial charge in [0.1, 0.15) is 12.2 Å². The quantitative estimate of drug-likeness (QED) is 0.739. The lowest BCUT2D eigenvalue weighted by Crippen LogP contribution is -2.31. The maximum absolute atomic E-state index is 6.12. The number of rotatable bonds is 4. The Balaban J connectivity index is 1.21. The molecular formula is C20H21N5O3. The van der Waals surface area contributed by atoms with E-state index in [0.717, 1.165) is 11.3 Å². The number of anilines is 2. The Bertz CT molecular complexity index is 888. The van der Waals surface area contributed by atoms with Gasteiger partial charge in [0.2, 0.25) is 0 Å². The van der Waals surface area contributed by atoms with Gasteiger partial charge in [0.25, 0.3) is 11.8 Å². The van der Waals surface area contributed by atoms with Crippen molar-refractivity contribution < 1.29 is 14.0 Å². The van der Waals surface area contributed by atoms with Crippen molar-refractivity contribution in [1.82, 2.24) is 15.1 Å². The fraction of sp³-hybridized carbons (Fsp3) is 0.350. The molecule has 8 heteroatoms. The average Bonchev–Trinajstić information content (AvgIpc) is 3.35. The number of aromatic nitrogens is 3. The largest absolute Gasteiger partial charge is 0.376 e. The number of ether oxygens (including phenoxy) is 2. The Morgan fingerprint density at radius 1 is 0.964 bits per heavy atom. The number of fused-ring (bicyclic) bond motifs is 1. The monoisotopic (exact) mass is 379 g/mol. The Hall–Kier alpha value is -2.97. The lowest BCUT2D eigenvalue weighted by Gasteiger charge is -2.18. The van der Waals surface area contributed by atoms with E-state index in [1.165, 1.54) is 0 Å². The van der Waals surface area contributed by atoms with Gasteiger partial charge in [0.15, 0.2) is 0 Å². The molecule has 0 aliphatic carbocycles. The summed E-state index contributed by atoms with van der Waals surface area (Å²) in [6.45, 7) is 2.51. The van der Waals surface area contributed by atoms with Crippen molar-refractivity contribution in [3.8, 4) is 11.5 Å². The van der Waals surface area contributed by atoms with Gasteiger partial charge in [-0.2, -0.15) is 4.98 Å². The molecule has 2 fully saturated rings. The van der Waals surface area contributed by atoms with Gasteiger partial charge in [0.05, 0.1) is 24.9 Å². The van der Waals surface area contributed by atoms with Crippen LogP contribution in [0.15, 0.2) is 59.4 Å². The van der Waals surface area contributed by atoms with Crippen molar-refractivity contribution in [3.05, 3.63) is 54.9 Å².